The van der Waals surface area contributed by atoms with E-state index in [9.17, 15) is 10.2 Å². The van der Waals surface area contributed by atoms with Gasteiger partial charge in [-0.15, -0.1) is 0 Å². The zero-order valence-electron chi connectivity index (χ0n) is 10.3. The van der Waals surface area contributed by atoms with Crippen molar-refractivity contribution >= 4 is 23.1 Å². The second-order valence-corrected chi connectivity index (χ2v) is 2.59. The number of hydrogen-bond donors (Lipinski definition) is 0. The predicted molar refractivity (Wildman–Crippen MR) is 57.2 cm³/mol. The van der Waals surface area contributed by atoms with Crippen LogP contribution in [0.4, 0.5) is 0 Å². The van der Waals surface area contributed by atoms with E-state index < -0.39 is 12.6 Å². The maximum atomic E-state index is 10.3. The summed E-state index contributed by atoms with van der Waals surface area (Å²) in [5, 5.41) is 20.5. The molecule has 88 valence electrons. The molecule has 0 spiro atoms. The fourth-order valence-electron chi connectivity index (χ4n) is 0.607. The molecule has 0 N–H and O–H groups in total. The van der Waals surface area contributed by atoms with Crippen molar-refractivity contribution in [2.24, 2.45) is 0 Å². The van der Waals surface area contributed by atoms with Crippen molar-refractivity contribution in [3.63, 3.8) is 0 Å². The van der Waals surface area contributed by atoms with Gasteiger partial charge < -0.3 is 19.7 Å². The fraction of sp³-hybridized carbons (Fsp3) is 1.00. The second-order valence-electron chi connectivity index (χ2n) is 2.59. The Balaban J connectivity index is -0.000000180. The first-order chi connectivity index (χ1) is 6.62. The first-order valence-corrected chi connectivity index (χ1v) is 5.17. The molecule has 0 aromatic carbocycles. The molecule has 2 unspecified atom stereocenters. The smallest absolute Gasteiger partial charge is 0.831 e. The number of hydrogen-bond acceptors (Lipinski definition) is 4. The molecule has 5 heteroatoms. The van der Waals surface area contributed by atoms with Crippen LogP contribution in [0.25, 0.3) is 0 Å². The van der Waals surface area contributed by atoms with Crippen LogP contribution in [0.2, 0.25) is 0 Å². The van der Waals surface area contributed by atoms with Gasteiger partial charge in [-0.2, -0.15) is 0 Å². The molecule has 0 aliphatic rings. The second kappa shape index (κ2) is 17.0. The van der Waals surface area contributed by atoms with Gasteiger partial charge in [-0.25, -0.2) is 0 Å². The quantitative estimate of drug-likeness (QED) is 0.471. The number of rotatable bonds is 6. The molecule has 0 amide bonds. The minimum absolute atomic E-state index is 0. The molecule has 0 rings (SSSR count). The van der Waals surface area contributed by atoms with E-state index in [0.717, 1.165) is 0 Å². The molecule has 0 fully saturated rings. The molecule has 15 heavy (non-hydrogen) atoms. The Morgan fingerprint density at radius 1 is 0.800 bits per heavy atom. The fourth-order valence-corrected chi connectivity index (χ4v) is 0.607. The third-order valence-electron chi connectivity index (χ3n) is 1.37. The molecule has 0 aliphatic heterocycles. The van der Waals surface area contributed by atoms with E-state index >= 15 is 0 Å². The summed E-state index contributed by atoms with van der Waals surface area (Å²) >= 11 is 0. The van der Waals surface area contributed by atoms with Crippen LogP contribution in [0.5, 0.6) is 0 Å². The summed E-state index contributed by atoms with van der Waals surface area (Å²) in [5.41, 5.74) is 0. The van der Waals surface area contributed by atoms with E-state index in [4.69, 9.17) is 0 Å². The minimum atomic E-state index is -0.801. The van der Waals surface area contributed by atoms with Gasteiger partial charge in [0, 0.05) is 13.2 Å². The molecule has 0 bridgehead atoms. The first kappa shape index (κ1) is 21.0. The van der Waals surface area contributed by atoms with E-state index in [-0.39, 0.29) is 23.1 Å². The third-order valence-corrected chi connectivity index (χ3v) is 1.37. The van der Waals surface area contributed by atoms with Gasteiger partial charge in [-0.05, 0) is 39.3 Å². The third kappa shape index (κ3) is 20.6. The predicted octanol–water partition coefficient (Wildman–Crippen LogP) is -0.142. The van der Waals surface area contributed by atoms with Crippen molar-refractivity contribution in [1.29, 1.82) is 0 Å². The van der Waals surface area contributed by atoms with Crippen molar-refractivity contribution in [3.05, 3.63) is 0 Å². The van der Waals surface area contributed by atoms with Crippen LogP contribution in [0.1, 0.15) is 40.5 Å². The summed E-state index contributed by atoms with van der Waals surface area (Å²) in [6.45, 7) is 8.33. The van der Waals surface area contributed by atoms with Crippen LogP contribution in [0.3, 0.4) is 0 Å². The summed E-state index contributed by atoms with van der Waals surface area (Å²) in [7, 11) is 0. The zero-order chi connectivity index (χ0) is 11.4. The topological polar surface area (TPSA) is 64.6 Å². The summed E-state index contributed by atoms with van der Waals surface area (Å²) in [5.74, 6) is 0. The average Bonchev–Trinajstić information content (AvgIpc) is 2.19. The SMILES string of the molecule is CCOC([O-])CC.CCOC([O-])CC.[Mg+2]. The van der Waals surface area contributed by atoms with Crippen molar-refractivity contribution in [2.75, 3.05) is 13.2 Å². The van der Waals surface area contributed by atoms with Gasteiger partial charge in [-0.3, -0.25) is 0 Å². The van der Waals surface area contributed by atoms with E-state index in [2.05, 4.69) is 9.47 Å². The summed E-state index contributed by atoms with van der Waals surface area (Å²) in [6.07, 6.45) is -0.475. The van der Waals surface area contributed by atoms with Gasteiger partial charge in [0.25, 0.3) is 0 Å². The molecule has 0 saturated carbocycles. The van der Waals surface area contributed by atoms with E-state index in [1.165, 1.54) is 0 Å². The summed E-state index contributed by atoms with van der Waals surface area (Å²) in [6, 6.07) is 0. The molecule has 2 atom stereocenters. The monoisotopic (exact) mass is 230 g/mol. The molecular weight excluding hydrogens is 208 g/mol. The van der Waals surface area contributed by atoms with E-state index in [1.807, 2.05) is 27.7 Å². The standard InChI is InChI=1S/2C5H11O2.Mg/c2*1-3-5(6)7-4-2;/h2*5H,3-4H2,1-2H3;/q2*-1;+2. The largest absolute Gasteiger partial charge is 2.00 e. The summed E-state index contributed by atoms with van der Waals surface area (Å²) in [4.78, 5) is 0. The van der Waals surface area contributed by atoms with Crippen molar-refractivity contribution in [3.8, 4) is 0 Å². The summed E-state index contributed by atoms with van der Waals surface area (Å²) < 4.78 is 9.27. The van der Waals surface area contributed by atoms with Gasteiger partial charge >= 0.3 is 23.1 Å². The van der Waals surface area contributed by atoms with E-state index in [0.29, 0.717) is 26.1 Å². The zero-order valence-corrected chi connectivity index (χ0v) is 11.7. The Hall–Kier alpha value is 0.606. The molecule has 0 aromatic heterocycles. The van der Waals surface area contributed by atoms with Gasteiger partial charge in [-0.1, -0.05) is 13.8 Å². The molecule has 0 aliphatic carbocycles. The molecule has 0 radical (unpaired) electrons. The van der Waals surface area contributed by atoms with E-state index in [1.54, 1.807) is 0 Å². The van der Waals surface area contributed by atoms with Crippen LogP contribution in [-0.2, 0) is 9.47 Å². The molecule has 0 heterocycles. The normalized spacial score (nSPS) is 13.2. The Kier molecular flexibility index (Phi) is 23.8. The molecule has 0 saturated heterocycles. The van der Waals surface area contributed by atoms with Crippen molar-refractivity contribution < 1.29 is 19.7 Å². The van der Waals surface area contributed by atoms with Gasteiger partial charge in [0.1, 0.15) is 0 Å². The van der Waals surface area contributed by atoms with Crippen LogP contribution >= 0.6 is 0 Å². The molecule has 4 nitrogen and oxygen atoms in total. The Labute approximate surface area is 109 Å². The van der Waals surface area contributed by atoms with Crippen LogP contribution < -0.4 is 10.2 Å². The Morgan fingerprint density at radius 3 is 1.13 bits per heavy atom. The van der Waals surface area contributed by atoms with Crippen LogP contribution in [-0.4, -0.2) is 48.8 Å². The Bertz CT molecular complexity index is 91.4. The Morgan fingerprint density at radius 2 is 1.07 bits per heavy atom. The molecule has 0 aromatic rings. The van der Waals surface area contributed by atoms with Gasteiger partial charge in [0.2, 0.25) is 0 Å². The maximum Gasteiger partial charge on any atom is 2.00 e. The van der Waals surface area contributed by atoms with Gasteiger partial charge in [0.05, 0.1) is 0 Å². The average molecular weight is 231 g/mol. The van der Waals surface area contributed by atoms with Gasteiger partial charge in [0.15, 0.2) is 0 Å². The maximum absolute atomic E-state index is 10.3. The molecular formula is C10H22MgO4. The first-order valence-electron chi connectivity index (χ1n) is 5.17. The minimum Gasteiger partial charge on any atom is -0.831 e. The van der Waals surface area contributed by atoms with Crippen LogP contribution in [0.15, 0.2) is 0 Å². The van der Waals surface area contributed by atoms with Crippen molar-refractivity contribution in [1.82, 2.24) is 0 Å². The number of ether oxygens (including phenoxy) is 2. The van der Waals surface area contributed by atoms with Crippen LogP contribution in [0, 0.1) is 0 Å². The van der Waals surface area contributed by atoms with Crippen molar-refractivity contribution in [2.45, 2.75) is 53.1 Å².